The van der Waals surface area contributed by atoms with Crippen LogP contribution in [0.5, 0.6) is 5.75 Å². The van der Waals surface area contributed by atoms with Crippen molar-refractivity contribution in [1.82, 2.24) is 0 Å². The lowest BCUT2D eigenvalue weighted by Crippen LogP contribution is -1.94. The number of carboxylic acid groups (broad SMARTS) is 1. The molecule has 3 nitrogen and oxygen atoms in total. The first-order valence-corrected chi connectivity index (χ1v) is 6.89. The van der Waals surface area contributed by atoms with Gasteiger partial charge < -0.3 is 9.84 Å². The first-order valence-electron chi connectivity index (χ1n) is 6.89. The smallest absolute Gasteiger partial charge is 0.303 e. The zero-order chi connectivity index (χ0) is 14.9. The van der Waals surface area contributed by atoms with Crippen molar-refractivity contribution >= 4 is 12.0 Å². The van der Waals surface area contributed by atoms with Crippen LogP contribution in [0, 0.1) is 0 Å². The molecular formula is C18H18O3. The molecule has 0 bridgehead atoms. The lowest BCUT2D eigenvalue weighted by molar-refractivity contribution is -0.136. The lowest BCUT2D eigenvalue weighted by Gasteiger charge is -2.06. The number of carbonyl (C=O) groups is 1. The highest BCUT2D eigenvalue weighted by molar-refractivity contribution is 5.67. The largest absolute Gasteiger partial charge is 0.489 e. The Labute approximate surface area is 124 Å². The maximum atomic E-state index is 10.4. The van der Waals surface area contributed by atoms with Gasteiger partial charge in [-0.1, -0.05) is 54.6 Å². The predicted molar refractivity (Wildman–Crippen MR) is 83.1 cm³/mol. The van der Waals surface area contributed by atoms with Gasteiger partial charge in [-0.3, -0.25) is 4.79 Å². The van der Waals surface area contributed by atoms with E-state index in [0.717, 1.165) is 16.9 Å². The minimum absolute atomic E-state index is 0.161. The van der Waals surface area contributed by atoms with E-state index >= 15 is 0 Å². The van der Waals surface area contributed by atoms with Crippen LogP contribution in [0.4, 0.5) is 0 Å². The normalized spacial score (nSPS) is 10.7. The lowest BCUT2D eigenvalue weighted by atomic mass is 10.2. The van der Waals surface area contributed by atoms with E-state index in [0.29, 0.717) is 13.0 Å². The van der Waals surface area contributed by atoms with Crippen LogP contribution in [-0.2, 0) is 11.4 Å². The summed E-state index contributed by atoms with van der Waals surface area (Å²) in [5.74, 6) is 0.0471. The molecule has 0 saturated heterocycles. The zero-order valence-electron chi connectivity index (χ0n) is 11.7. The third-order valence-electron chi connectivity index (χ3n) is 2.96. The van der Waals surface area contributed by atoms with Gasteiger partial charge >= 0.3 is 5.97 Å². The number of hydrogen-bond acceptors (Lipinski definition) is 2. The van der Waals surface area contributed by atoms with Gasteiger partial charge in [0, 0.05) is 6.42 Å². The molecule has 2 aromatic carbocycles. The SMILES string of the molecule is O=C(O)CCC=Cc1ccc(OCc2ccccc2)cc1. The first kappa shape index (κ1) is 14.9. The topological polar surface area (TPSA) is 46.5 Å². The Morgan fingerprint density at radius 1 is 1.05 bits per heavy atom. The summed E-state index contributed by atoms with van der Waals surface area (Å²) < 4.78 is 5.70. The summed E-state index contributed by atoms with van der Waals surface area (Å²) >= 11 is 0. The number of allylic oxidation sites excluding steroid dienone is 1. The fourth-order valence-corrected chi connectivity index (χ4v) is 1.84. The van der Waals surface area contributed by atoms with E-state index in [-0.39, 0.29) is 6.42 Å². The standard InChI is InChI=1S/C18H18O3/c19-18(20)9-5-4-6-15-10-12-17(13-11-15)21-14-16-7-2-1-3-8-16/h1-4,6-8,10-13H,5,9,14H2,(H,19,20). The summed E-state index contributed by atoms with van der Waals surface area (Å²) in [4.78, 5) is 10.4. The molecule has 2 aromatic rings. The number of hydrogen-bond donors (Lipinski definition) is 1. The van der Waals surface area contributed by atoms with Crippen molar-refractivity contribution in [1.29, 1.82) is 0 Å². The van der Waals surface area contributed by atoms with E-state index in [1.165, 1.54) is 0 Å². The number of benzene rings is 2. The van der Waals surface area contributed by atoms with Gasteiger partial charge in [-0.25, -0.2) is 0 Å². The third kappa shape index (κ3) is 5.53. The maximum Gasteiger partial charge on any atom is 0.303 e. The summed E-state index contributed by atoms with van der Waals surface area (Å²) in [5.41, 5.74) is 2.17. The van der Waals surface area contributed by atoms with Crippen LogP contribution < -0.4 is 4.74 Å². The average molecular weight is 282 g/mol. The molecule has 0 radical (unpaired) electrons. The third-order valence-corrected chi connectivity index (χ3v) is 2.96. The maximum absolute atomic E-state index is 10.4. The molecule has 0 fully saturated rings. The van der Waals surface area contributed by atoms with Crippen molar-refractivity contribution in [2.24, 2.45) is 0 Å². The van der Waals surface area contributed by atoms with E-state index in [1.54, 1.807) is 0 Å². The molecule has 0 aliphatic heterocycles. The second-order valence-electron chi connectivity index (χ2n) is 4.68. The van der Waals surface area contributed by atoms with Crippen molar-refractivity contribution < 1.29 is 14.6 Å². The molecule has 0 atom stereocenters. The van der Waals surface area contributed by atoms with Crippen molar-refractivity contribution in [3.8, 4) is 5.75 Å². The van der Waals surface area contributed by atoms with Gasteiger partial charge in [0.25, 0.3) is 0 Å². The Bertz CT molecular complexity index is 586. The van der Waals surface area contributed by atoms with Crippen LogP contribution >= 0.6 is 0 Å². The van der Waals surface area contributed by atoms with Crippen LogP contribution in [0.25, 0.3) is 6.08 Å². The van der Waals surface area contributed by atoms with Crippen LogP contribution in [-0.4, -0.2) is 11.1 Å². The predicted octanol–water partition coefficient (Wildman–Crippen LogP) is 4.14. The summed E-state index contributed by atoms with van der Waals surface area (Å²) in [6.45, 7) is 0.550. The molecule has 0 aliphatic rings. The highest BCUT2D eigenvalue weighted by atomic mass is 16.5. The fraction of sp³-hybridized carbons (Fsp3) is 0.167. The van der Waals surface area contributed by atoms with Crippen molar-refractivity contribution in [2.45, 2.75) is 19.4 Å². The van der Waals surface area contributed by atoms with E-state index < -0.39 is 5.97 Å². The second kappa shape index (κ2) is 7.90. The molecule has 0 unspecified atom stereocenters. The molecular weight excluding hydrogens is 264 g/mol. The van der Waals surface area contributed by atoms with E-state index in [1.807, 2.05) is 66.7 Å². The monoisotopic (exact) mass is 282 g/mol. The molecule has 3 heteroatoms. The Kier molecular flexibility index (Phi) is 5.59. The van der Waals surface area contributed by atoms with Gasteiger partial charge in [0.2, 0.25) is 0 Å². The Hall–Kier alpha value is -2.55. The Morgan fingerprint density at radius 2 is 1.76 bits per heavy atom. The molecule has 0 heterocycles. The van der Waals surface area contributed by atoms with Crippen LogP contribution in [0.2, 0.25) is 0 Å². The number of ether oxygens (including phenoxy) is 1. The Morgan fingerprint density at radius 3 is 2.43 bits per heavy atom. The van der Waals surface area contributed by atoms with Crippen molar-refractivity contribution in [2.75, 3.05) is 0 Å². The Balaban J connectivity index is 1.83. The van der Waals surface area contributed by atoms with Gasteiger partial charge in [0.1, 0.15) is 12.4 Å². The zero-order valence-corrected chi connectivity index (χ0v) is 11.7. The van der Waals surface area contributed by atoms with Gasteiger partial charge in [-0.2, -0.15) is 0 Å². The number of rotatable bonds is 7. The highest BCUT2D eigenvalue weighted by Gasteiger charge is 1.96. The summed E-state index contributed by atoms with van der Waals surface area (Å²) in [7, 11) is 0. The van der Waals surface area contributed by atoms with E-state index in [9.17, 15) is 4.79 Å². The summed E-state index contributed by atoms with van der Waals surface area (Å²) in [5, 5.41) is 8.55. The van der Waals surface area contributed by atoms with Gasteiger partial charge in [0.15, 0.2) is 0 Å². The molecule has 0 amide bonds. The highest BCUT2D eigenvalue weighted by Crippen LogP contribution is 2.15. The number of aliphatic carboxylic acids is 1. The minimum Gasteiger partial charge on any atom is -0.489 e. The van der Waals surface area contributed by atoms with Crippen LogP contribution in [0.3, 0.4) is 0 Å². The first-order chi connectivity index (χ1) is 10.2. The second-order valence-corrected chi connectivity index (χ2v) is 4.68. The minimum atomic E-state index is -0.774. The fourth-order valence-electron chi connectivity index (χ4n) is 1.84. The van der Waals surface area contributed by atoms with Crippen molar-refractivity contribution in [3.05, 3.63) is 71.8 Å². The van der Waals surface area contributed by atoms with Gasteiger partial charge in [-0.05, 0) is 29.7 Å². The molecule has 0 aromatic heterocycles. The van der Waals surface area contributed by atoms with E-state index in [2.05, 4.69) is 0 Å². The molecule has 0 saturated carbocycles. The summed E-state index contributed by atoms with van der Waals surface area (Å²) in [6.07, 6.45) is 4.49. The van der Waals surface area contributed by atoms with Crippen LogP contribution in [0.1, 0.15) is 24.0 Å². The average Bonchev–Trinajstić information content (AvgIpc) is 2.51. The molecule has 21 heavy (non-hydrogen) atoms. The van der Waals surface area contributed by atoms with Crippen molar-refractivity contribution in [3.63, 3.8) is 0 Å². The van der Waals surface area contributed by atoms with E-state index in [4.69, 9.17) is 9.84 Å². The van der Waals surface area contributed by atoms with Gasteiger partial charge in [-0.15, -0.1) is 0 Å². The molecule has 0 spiro atoms. The quantitative estimate of drug-likeness (QED) is 0.830. The molecule has 108 valence electrons. The molecule has 2 rings (SSSR count). The molecule has 1 N–H and O–H groups in total. The van der Waals surface area contributed by atoms with Crippen LogP contribution in [0.15, 0.2) is 60.7 Å². The summed E-state index contributed by atoms with van der Waals surface area (Å²) in [6, 6.07) is 17.8. The van der Waals surface area contributed by atoms with Gasteiger partial charge in [0.05, 0.1) is 0 Å². The number of carboxylic acids is 1. The molecule has 0 aliphatic carbocycles.